The smallest absolute Gasteiger partial charge is 0.258 e. The van der Waals surface area contributed by atoms with E-state index in [4.69, 9.17) is 0 Å². The van der Waals surface area contributed by atoms with Crippen molar-refractivity contribution in [1.29, 1.82) is 0 Å². The van der Waals surface area contributed by atoms with Crippen LogP contribution in [0, 0.1) is 5.92 Å². The molecule has 1 aliphatic carbocycles. The first-order valence-corrected chi connectivity index (χ1v) is 9.53. The standard InChI is InChI=1S/C22H24N2O2/c25-21(16-7-4-5-8-16)23-19-12-13-20-18(15-19)11-6-14-24(20)22(26)17-9-2-1-3-10-17/h1-3,9-10,12-13,15-16H,4-8,11,14H2,(H,23,25). The second kappa shape index (κ2) is 7.32. The van der Waals surface area contributed by atoms with Crippen LogP contribution in [0.4, 0.5) is 11.4 Å². The average molecular weight is 348 g/mol. The zero-order valence-corrected chi connectivity index (χ0v) is 14.9. The maximum Gasteiger partial charge on any atom is 0.258 e. The van der Waals surface area contributed by atoms with Gasteiger partial charge >= 0.3 is 0 Å². The molecule has 1 N–H and O–H groups in total. The van der Waals surface area contributed by atoms with E-state index < -0.39 is 0 Å². The number of hydrogen-bond donors (Lipinski definition) is 1. The van der Waals surface area contributed by atoms with Gasteiger partial charge in [-0.15, -0.1) is 0 Å². The summed E-state index contributed by atoms with van der Waals surface area (Å²) in [7, 11) is 0. The largest absolute Gasteiger partial charge is 0.326 e. The number of benzene rings is 2. The minimum Gasteiger partial charge on any atom is -0.326 e. The number of carbonyl (C=O) groups excluding carboxylic acids is 2. The molecule has 1 aliphatic heterocycles. The summed E-state index contributed by atoms with van der Waals surface area (Å²) >= 11 is 0. The summed E-state index contributed by atoms with van der Waals surface area (Å²) in [4.78, 5) is 27.1. The quantitative estimate of drug-likeness (QED) is 0.893. The van der Waals surface area contributed by atoms with Crippen LogP contribution in [0.1, 0.15) is 48.0 Å². The zero-order valence-electron chi connectivity index (χ0n) is 14.9. The average Bonchev–Trinajstić information content (AvgIpc) is 3.22. The van der Waals surface area contributed by atoms with E-state index in [0.717, 1.165) is 62.0 Å². The molecule has 4 rings (SSSR count). The molecule has 2 aliphatic rings. The molecule has 0 radical (unpaired) electrons. The van der Waals surface area contributed by atoms with Gasteiger partial charge in [0.15, 0.2) is 0 Å². The van der Waals surface area contributed by atoms with Crippen molar-refractivity contribution in [3.05, 3.63) is 59.7 Å². The van der Waals surface area contributed by atoms with E-state index in [9.17, 15) is 9.59 Å². The first-order valence-electron chi connectivity index (χ1n) is 9.53. The fourth-order valence-corrected chi connectivity index (χ4v) is 4.05. The second-order valence-electron chi connectivity index (χ2n) is 7.24. The third-order valence-corrected chi connectivity index (χ3v) is 5.46. The minimum absolute atomic E-state index is 0.0364. The SMILES string of the molecule is O=C(Nc1ccc2c(c1)CCCN2C(=O)c1ccccc1)C1CCCC1. The number of hydrogen-bond acceptors (Lipinski definition) is 2. The molecule has 2 aromatic rings. The van der Waals surface area contributed by atoms with Gasteiger partial charge in [0.1, 0.15) is 0 Å². The van der Waals surface area contributed by atoms with Crippen molar-refractivity contribution < 1.29 is 9.59 Å². The van der Waals surface area contributed by atoms with Gasteiger partial charge in [-0.3, -0.25) is 9.59 Å². The number of anilines is 2. The molecule has 0 aromatic heterocycles. The highest BCUT2D eigenvalue weighted by Gasteiger charge is 2.25. The number of carbonyl (C=O) groups is 2. The summed E-state index contributed by atoms with van der Waals surface area (Å²) in [5, 5.41) is 3.07. The monoisotopic (exact) mass is 348 g/mol. The molecule has 2 amide bonds. The molecule has 0 saturated heterocycles. The summed E-state index contributed by atoms with van der Waals surface area (Å²) < 4.78 is 0. The number of aryl methyl sites for hydroxylation is 1. The van der Waals surface area contributed by atoms with Crippen molar-refractivity contribution in [1.82, 2.24) is 0 Å². The summed E-state index contributed by atoms with van der Waals surface area (Å²) in [5.74, 6) is 0.326. The summed E-state index contributed by atoms with van der Waals surface area (Å²) in [6.07, 6.45) is 6.16. The normalized spacial score (nSPS) is 17.0. The molecule has 26 heavy (non-hydrogen) atoms. The number of nitrogens with one attached hydrogen (secondary N) is 1. The molecular formula is C22H24N2O2. The molecule has 0 unspecified atom stereocenters. The van der Waals surface area contributed by atoms with Gasteiger partial charge in [-0.2, -0.15) is 0 Å². The van der Waals surface area contributed by atoms with Crippen molar-refractivity contribution in [3.63, 3.8) is 0 Å². The molecule has 0 atom stereocenters. The summed E-state index contributed by atoms with van der Waals surface area (Å²) in [6.45, 7) is 0.731. The third-order valence-electron chi connectivity index (χ3n) is 5.46. The Morgan fingerprint density at radius 2 is 1.73 bits per heavy atom. The minimum atomic E-state index is 0.0364. The fraction of sp³-hybridized carbons (Fsp3) is 0.364. The van der Waals surface area contributed by atoms with Crippen LogP contribution in [0.25, 0.3) is 0 Å². The Kier molecular flexibility index (Phi) is 4.74. The van der Waals surface area contributed by atoms with E-state index in [1.165, 1.54) is 0 Å². The van der Waals surface area contributed by atoms with Gasteiger partial charge in [0, 0.05) is 29.4 Å². The van der Waals surface area contributed by atoms with Gasteiger partial charge in [-0.1, -0.05) is 31.0 Å². The van der Waals surface area contributed by atoms with Crippen molar-refractivity contribution in [2.24, 2.45) is 5.92 Å². The highest BCUT2D eigenvalue weighted by molar-refractivity contribution is 6.07. The van der Waals surface area contributed by atoms with Gasteiger partial charge in [0.2, 0.25) is 5.91 Å². The lowest BCUT2D eigenvalue weighted by Crippen LogP contribution is -2.35. The molecule has 2 aromatic carbocycles. The molecule has 0 spiro atoms. The first-order chi connectivity index (χ1) is 12.7. The maximum absolute atomic E-state index is 12.9. The van der Waals surface area contributed by atoms with E-state index in [2.05, 4.69) is 5.32 Å². The van der Waals surface area contributed by atoms with Gasteiger partial charge < -0.3 is 10.2 Å². The summed E-state index contributed by atoms with van der Waals surface area (Å²) in [6, 6.07) is 15.3. The van der Waals surface area contributed by atoms with Gasteiger partial charge in [-0.05, 0) is 61.6 Å². The van der Waals surface area contributed by atoms with E-state index in [1.54, 1.807) is 0 Å². The lowest BCUT2D eigenvalue weighted by atomic mass is 9.99. The Bertz CT molecular complexity index is 810. The van der Waals surface area contributed by atoms with Gasteiger partial charge in [0.25, 0.3) is 5.91 Å². The molecule has 0 bridgehead atoms. The number of fused-ring (bicyclic) bond motifs is 1. The number of amides is 2. The van der Waals surface area contributed by atoms with Gasteiger partial charge in [-0.25, -0.2) is 0 Å². The van der Waals surface area contributed by atoms with Crippen LogP contribution in [0.15, 0.2) is 48.5 Å². The van der Waals surface area contributed by atoms with Crippen LogP contribution in [-0.4, -0.2) is 18.4 Å². The van der Waals surface area contributed by atoms with E-state index in [0.29, 0.717) is 5.56 Å². The summed E-state index contributed by atoms with van der Waals surface area (Å²) in [5.41, 5.74) is 3.64. The van der Waals surface area contributed by atoms with E-state index in [-0.39, 0.29) is 17.7 Å². The van der Waals surface area contributed by atoms with Crippen molar-refractivity contribution >= 4 is 23.2 Å². The topological polar surface area (TPSA) is 49.4 Å². The lowest BCUT2D eigenvalue weighted by Gasteiger charge is -2.30. The first kappa shape index (κ1) is 16.8. The maximum atomic E-state index is 12.9. The molecule has 4 nitrogen and oxygen atoms in total. The van der Waals surface area contributed by atoms with E-state index in [1.807, 2.05) is 53.4 Å². The zero-order chi connectivity index (χ0) is 17.9. The molecular weight excluding hydrogens is 324 g/mol. The molecule has 1 heterocycles. The van der Waals surface area contributed by atoms with E-state index >= 15 is 0 Å². The van der Waals surface area contributed by atoms with Crippen molar-refractivity contribution in [3.8, 4) is 0 Å². The molecule has 1 saturated carbocycles. The predicted molar refractivity (Wildman–Crippen MR) is 103 cm³/mol. The highest BCUT2D eigenvalue weighted by atomic mass is 16.2. The van der Waals surface area contributed by atoms with Crippen LogP contribution in [0.2, 0.25) is 0 Å². The Morgan fingerprint density at radius 3 is 2.50 bits per heavy atom. The molecule has 4 heteroatoms. The Hall–Kier alpha value is -2.62. The number of rotatable bonds is 3. The van der Waals surface area contributed by atoms with Crippen LogP contribution in [0.3, 0.4) is 0 Å². The lowest BCUT2D eigenvalue weighted by molar-refractivity contribution is -0.119. The molecule has 1 fully saturated rings. The van der Waals surface area contributed by atoms with Crippen LogP contribution in [0.5, 0.6) is 0 Å². The Balaban J connectivity index is 1.54. The number of nitrogens with zero attached hydrogens (tertiary/aromatic N) is 1. The van der Waals surface area contributed by atoms with Crippen LogP contribution >= 0.6 is 0 Å². The highest BCUT2D eigenvalue weighted by Crippen LogP contribution is 2.32. The van der Waals surface area contributed by atoms with Crippen molar-refractivity contribution in [2.45, 2.75) is 38.5 Å². The van der Waals surface area contributed by atoms with Gasteiger partial charge in [0.05, 0.1) is 0 Å². The van der Waals surface area contributed by atoms with Crippen LogP contribution < -0.4 is 10.2 Å². The predicted octanol–water partition coefficient (Wildman–Crippen LogP) is 4.41. The van der Waals surface area contributed by atoms with Crippen LogP contribution in [-0.2, 0) is 11.2 Å². The Labute approximate surface area is 154 Å². The molecule has 134 valence electrons. The Morgan fingerprint density at radius 1 is 0.962 bits per heavy atom. The fourth-order valence-electron chi connectivity index (χ4n) is 4.05. The third kappa shape index (κ3) is 3.36. The second-order valence-corrected chi connectivity index (χ2v) is 7.24. The van der Waals surface area contributed by atoms with Crippen molar-refractivity contribution in [2.75, 3.05) is 16.8 Å².